The normalized spacial score (nSPS) is 11.3. The Labute approximate surface area is 202 Å². The number of carbonyl (C=O) groups is 1. The SMILES string of the molecule is CCC(C)CCN.CCCC.COc1cc(/C=C/C=C/C(=O)CCCN)cc(OC)c1OC. The molecule has 1 rings (SSSR count). The summed E-state index contributed by atoms with van der Waals surface area (Å²) in [6.45, 7) is 10.2. The minimum absolute atomic E-state index is 0.0694. The fourth-order valence-electron chi connectivity index (χ4n) is 2.38. The molecular weight excluding hydrogens is 416 g/mol. The quantitative estimate of drug-likeness (QED) is 0.284. The largest absolute Gasteiger partial charge is 0.493 e. The Hall–Kier alpha value is -2.31. The second kappa shape index (κ2) is 22.9. The molecule has 190 valence electrons. The summed E-state index contributed by atoms with van der Waals surface area (Å²) in [6, 6.07) is 3.67. The third-order valence-corrected chi connectivity index (χ3v) is 4.85. The predicted octanol–water partition coefficient (Wildman–Crippen LogP) is 5.78. The summed E-state index contributed by atoms with van der Waals surface area (Å²) in [7, 11) is 4.70. The van der Waals surface area contributed by atoms with Crippen molar-refractivity contribution in [3.63, 3.8) is 0 Å². The van der Waals surface area contributed by atoms with E-state index in [0.29, 0.717) is 36.6 Å². The van der Waals surface area contributed by atoms with E-state index in [9.17, 15) is 4.79 Å². The molecule has 0 radical (unpaired) electrons. The molecule has 4 N–H and O–H groups in total. The van der Waals surface area contributed by atoms with E-state index in [1.165, 1.54) is 25.7 Å². The molecule has 6 heteroatoms. The Morgan fingerprint density at radius 2 is 1.52 bits per heavy atom. The maximum atomic E-state index is 11.5. The zero-order valence-electron chi connectivity index (χ0n) is 22.0. The molecular formula is C27H48N2O4. The van der Waals surface area contributed by atoms with Gasteiger partial charge in [0.25, 0.3) is 0 Å². The summed E-state index contributed by atoms with van der Waals surface area (Å²) in [5.41, 5.74) is 11.5. The molecule has 0 saturated carbocycles. The molecule has 0 spiro atoms. The smallest absolute Gasteiger partial charge is 0.203 e. The first-order chi connectivity index (χ1) is 15.9. The van der Waals surface area contributed by atoms with E-state index in [4.69, 9.17) is 25.7 Å². The zero-order chi connectivity index (χ0) is 25.5. The van der Waals surface area contributed by atoms with Gasteiger partial charge in [0.1, 0.15) is 0 Å². The lowest BCUT2D eigenvalue weighted by Gasteiger charge is -2.12. The number of carbonyl (C=O) groups excluding carboxylic acids is 1. The van der Waals surface area contributed by atoms with Gasteiger partial charge < -0.3 is 25.7 Å². The van der Waals surface area contributed by atoms with Gasteiger partial charge in [-0.2, -0.15) is 0 Å². The fourth-order valence-corrected chi connectivity index (χ4v) is 2.38. The average Bonchev–Trinajstić information content (AvgIpc) is 2.85. The van der Waals surface area contributed by atoms with Gasteiger partial charge in [0, 0.05) is 6.42 Å². The highest BCUT2D eigenvalue weighted by atomic mass is 16.5. The highest BCUT2D eigenvalue weighted by molar-refractivity contribution is 5.89. The predicted molar refractivity (Wildman–Crippen MR) is 141 cm³/mol. The van der Waals surface area contributed by atoms with Crippen LogP contribution in [0.2, 0.25) is 0 Å². The number of hydrogen-bond donors (Lipinski definition) is 2. The summed E-state index contributed by atoms with van der Waals surface area (Å²) in [5.74, 6) is 2.62. The summed E-state index contributed by atoms with van der Waals surface area (Å²) < 4.78 is 15.8. The Morgan fingerprint density at radius 3 is 1.88 bits per heavy atom. The highest BCUT2D eigenvalue weighted by Crippen LogP contribution is 2.38. The first-order valence-electron chi connectivity index (χ1n) is 12.0. The molecule has 1 aromatic rings. The first kappa shape index (κ1) is 32.9. The molecule has 0 aliphatic carbocycles. The van der Waals surface area contributed by atoms with Gasteiger partial charge in [0.2, 0.25) is 5.75 Å². The summed E-state index contributed by atoms with van der Waals surface area (Å²) in [4.78, 5) is 11.5. The van der Waals surface area contributed by atoms with E-state index in [1.54, 1.807) is 39.6 Å². The number of ketones is 1. The van der Waals surface area contributed by atoms with Crippen LogP contribution < -0.4 is 25.7 Å². The van der Waals surface area contributed by atoms with Gasteiger partial charge in [-0.15, -0.1) is 0 Å². The van der Waals surface area contributed by atoms with Gasteiger partial charge in [-0.25, -0.2) is 0 Å². The zero-order valence-corrected chi connectivity index (χ0v) is 22.0. The molecule has 0 saturated heterocycles. The third-order valence-electron chi connectivity index (χ3n) is 4.85. The monoisotopic (exact) mass is 464 g/mol. The van der Waals surface area contributed by atoms with E-state index in [0.717, 1.165) is 18.0 Å². The summed E-state index contributed by atoms with van der Waals surface area (Å²) >= 11 is 0. The molecule has 1 atom stereocenters. The Balaban J connectivity index is 0. The summed E-state index contributed by atoms with van der Waals surface area (Å²) in [6.07, 6.45) is 13.2. The van der Waals surface area contributed by atoms with Crippen LogP contribution in [0.1, 0.15) is 71.8 Å². The van der Waals surface area contributed by atoms with Crippen LogP contribution in [0, 0.1) is 5.92 Å². The van der Waals surface area contributed by atoms with Gasteiger partial charge >= 0.3 is 0 Å². The highest BCUT2D eigenvalue weighted by Gasteiger charge is 2.11. The van der Waals surface area contributed by atoms with Crippen molar-refractivity contribution in [3.05, 3.63) is 35.9 Å². The lowest BCUT2D eigenvalue weighted by molar-refractivity contribution is -0.114. The number of rotatable bonds is 13. The van der Waals surface area contributed by atoms with E-state index >= 15 is 0 Å². The van der Waals surface area contributed by atoms with E-state index in [1.807, 2.05) is 18.2 Å². The van der Waals surface area contributed by atoms with Gasteiger partial charge in [0.15, 0.2) is 17.3 Å². The van der Waals surface area contributed by atoms with E-state index in [-0.39, 0.29) is 5.78 Å². The van der Waals surface area contributed by atoms with Crippen LogP contribution in [0.5, 0.6) is 17.2 Å². The Morgan fingerprint density at radius 1 is 0.939 bits per heavy atom. The topological polar surface area (TPSA) is 96.8 Å². The van der Waals surface area contributed by atoms with Gasteiger partial charge in [-0.3, -0.25) is 4.79 Å². The average molecular weight is 465 g/mol. The number of ether oxygens (including phenoxy) is 3. The number of benzene rings is 1. The van der Waals surface area contributed by atoms with Crippen molar-refractivity contribution in [2.45, 2.75) is 66.2 Å². The van der Waals surface area contributed by atoms with Gasteiger partial charge in [-0.1, -0.05) is 65.2 Å². The Bertz CT molecular complexity index is 645. The lowest BCUT2D eigenvalue weighted by Crippen LogP contribution is -2.04. The second-order valence-corrected chi connectivity index (χ2v) is 7.63. The minimum atomic E-state index is 0.0694. The number of nitrogens with two attached hydrogens (primary N) is 2. The van der Waals surface area contributed by atoms with Crippen LogP contribution >= 0.6 is 0 Å². The van der Waals surface area contributed by atoms with Crippen molar-refractivity contribution in [1.82, 2.24) is 0 Å². The first-order valence-corrected chi connectivity index (χ1v) is 12.0. The minimum Gasteiger partial charge on any atom is -0.493 e. The van der Waals surface area contributed by atoms with Crippen molar-refractivity contribution in [2.24, 2.45) is 17.4 Å². The second-order valence-electron chi connectivity index (χ2n) is 7.63. The van der Waals surface area contributed by atoms with Crippen LogP contribution in [0.25, 0.3) is 6.08 Å². The molecule has 0 aromatic heterocycles. The standard InChI is InChI=1S/C17H23NO4.C6H15N.C4H10/c1-20-15-11-13(12-16(21-2)17(15)22-3)7-4-5-8-14(19)9-6-10-18;1-3-6(2)4-5-7;1-3-4-2/h4-5,7-8,11-12H,6,9-10,18H2,1-3H3;6H,3-5,7H2,1-2H3;3-4H2,1-2H3/b7-4+,8-5+;;. The number of allylic oxidation sites excluding steroid dienone is 3. The molecule has 0 aliphatic heterocycles. The van der Waals surface area contributed by atoms with E-state index < -0.39 is 0 Å². The van der Waals surface area contributed by atoms with Crippen molar-refractivity contribution >= 4 is 11.9 Å². The maximum absolute atomic E-state index is 11.5. The van der Waals surface area contributed by atoms with Crippen molar-refractivity contribution in [3.8, 4) is 17.2 Å². The number of methoxy groups -OCH3 is 3. The van der Waals surface area contributed by atoms with Crippen LogP contribution in [0.3, 0.4) is 0 Å². The van der Waals surface area contributed by atoms with Crippen molar-refractivity contribution in [2.75, 3.05) is 34.4 Å². The number of hydrogen-bond acceptors (Lipinski definition) is 6. The fraction of sp³-hybridized carbons (Fsp3) is 0.593. The van der Waals surface area contributed by atoms with Gasteiger partial charge in [-0.05, 0) is 55.6 Å². The molecule has 0 fully saturated rings. The molecule has 0 heterocycles. The lowest BCUT2D eigenvalue weighted by atomic mass is 10.1. The molecule has 0 bridgehead atoms. The van der Waals surface area contributed by atoms with Crippen LogP contribution in [-0.4, -0.2) is 40.2 Å². The van der Waals surface area contributed by atoms with E-state index in [2.05, 4.69) is 27.7 Å². The van der Waals surface area contributed by atoms with Crippen LogP contribution in [0.4, 0.5) is 0 Å². The van der Waals surface area contributed by atoms with Gasteiger partial charge in [0.05, 0.1) is 21.3 Å². The molecule has 0 aliphatic rings. The molecule has 0 amide bonds. The molecule has 1 aromatic carbocycles. The molecule has 6 nitrogen and oxygen atoms in total. The number of unbranched alkanes of at least 4 members (excludes halogenated alkanes) is 1. The molecule has 1 unspecified atom stereocenters. The third kappa shape index (κ3) is 16.9. The summed E-state index contributed by atoms with van der Waals surface area (Å²) in [5, 5.41) is 0. The van der Waals surface area contributed by atoms with Crippen molar-refractivity contribution < 1.29 is 19.0 Å². The van der Waals surface area contributed by atoms with Crippen molar-refractivity contribution in [1.29, 1.82) is 0 Å². The molecule has 33 heavy (non-hydrogen) atoms. The Kier molecular flexibility index (Phi) is 22.8. The van der Waals surface area contributed by atoms with Crippen LogP contribution in [0.15, 0.2) is 30.4 Å². The maximum Gasteiger partial charge on any atom is 0.203 e. The van der Waals surface area contributed by atoms with Crippen LogP contribution in [-0.2, 0) is 4.79 Å².